The van der Waals surface area contributed by atoms with Crippen molar-refractivity contribution in [1.82, 2.24) is 20.0 Å². The highest BCUT2D eigenvalue weighted by molar-refractivity contribution is 5.90. The molecule has 1 heterocycles. The van der Waals surface area contributed by atoms with Gasteiger partial charge in [0.25, 0.3) is 0 Å². The molecule has 1 rings (SSSR count). The van der Waals surface area contributed by atoms with Gasteiger partial charge in [-0.3, -0.25) is 24.1 Å². The van der Waals surface area contributed by atoms with Crippen LogP contribution in [0.15, 0.2) is 12.2 Å². The first-order valence-corrected chi connectivity index (χ1v) is 19.3. The van der Waals surface area contributed by atoms with E-state index in [2.05, 4.69) is 12.2 Å². The fourth-order valence-corrected chi connectivity index (χ4v) is 7.98. The zero-order valence-electron chi connectivity index (χ0n) is 34.7. The maximum atomic E-state index is 14.3. The Morgan fingerprint density at radius 3 is 2.00 bits per heavy atom. The number of likely N-dealkylation sites (N-methyl/N-ethyl adjacent to an activating group) is 2. The molecule has 0 saturated carbocycles. The number of carbonyl (C=O) groups is 5. The highest BCUT2D eigenvalue weighted by Gasteiger charge is 2.43. The minimum atomic E-state index is -1.08. The van der Waals surface area contributed by atoms with Gasteiger partial charge in [-0.1, -0.05) is 74.8 Å². The molecule has 0 radical (unpaired) electrons. The number of carbonyl (C=O) groups excluding carboxylic acids is 4. The van der Waals surface area contributed by atoms with Crippen LogP contribution < -0.4 is 5.32 Å². The summed E-state index contributed by atoms with van der Waals surface area (Å²) in [6, 6.07) is -1.51. The number of ketones is 1. The molecule has 3 amide bonds. The first kappa shape index (κ1) is 47.2. The number of Topliss-reactive ketones (excluding diaryl/α,β-unsaturated/α-hetero) is 1. The first-order valence-electron chi connectivity index (χ1n) is 19.3. The summed E-state index contributed by atoms with van der Waals surface area (Å²) in [6.45, 7) is 18.4. The van der Waals surface area contributed by atoms with Gasteiger partial charge in [-0.2, -0.15) is 0 Å². The van der Waals surface area contributed by atoms with Gasteiger partial charge in [0.1, 0.15) is 0 Å². The van der Waals surface area contributed by atoms with Crippen LogP contribution in [-0.2, 0) is 33.4 Å². The molecule has 0 aromatic heterocycles. The van der Waals surface area contributed by atoms with Crippen molar-refractivity contribution in [2.45, 2.75) is 137 Å². The number of ether oxygens (including phenoxy) is 2. The number of carboxylic acid groups (broad SMARTS) is 1. The van der Waals surface area contributed by atoms with Crippen LogP contribution in [0.5, 0.6) is 0 Å². The van der Waals surface area contributed by atoms with Crippen LogP contribution in [0.25, 0.3) is 0 Å². The van der Waals surface area contributed by atoms with E-state index in [-0.39, 0.29) is 72.1 Å². The molecule has 0 aromatic carbocycles. The Kier molecular flexibility index (Phi) is 20.3. The molecule has 1 aliphatic rings. The van der Waals surface area contributed by atoms with E-state index in [1.165, 1.54) is 6.08 Å². The van der Waals surface area contributed by atoms with Crippen molar-refractivity contribution in [1.29, 1.82) is 0 Å². The van der Waals surface area contributed by atoms with Gasteiger partial charge in [0.05, 0.1) is 42.7 Å². The van der Waals surface area contributed by atoms with E-state index < -0.39 is 42.1 Å². The maximum absolute atomic E-state index is 14.3. The number of hydrogen-bond acceptors (Lipinski definition) is 8. The molecule has 0 aromatic rings. The Bertz CT molecular complexity index is 1180. The third kappa shape index (κ3) is 13.5. The number of rotatable bonds is 23. The molecule has 52 heavy (non-hydrogen) atoms. The van der Waals surface area contributed by atoms with Crippen LogP contribution >= 0.6 is 0 Å². The van der Waals surface area contributed by atoms with Crippen LogP contribution in [-0.4, -0.2) is 128 Å². The quantitative estimate of drug-likeness (QED) is 0.140. The zero-order valence-corrected chi connectivity index (χ0v) is 34.7. The van der Waals surface area contributed by atoms with E-state index in [4.69, 9.17) is 14.6 Å². The van der Waals surface area contributed by atoms with Crippen LogP contribution in [0.4, 0.5) is 0 Å². The normalized spacial score (nSPS) is 19.8. The summed E-state index contributed by atoms with van der Waals surface area (Å²) in [5, 5.41) is 12.1. The molecular formula is C40H72N4O8. The molecule has 1 aliphatic heterocycles. The minimum Gasteiger partial charge on any atom is -0.478 e. The fraction of sp³-hybridized carbons (Fsp3) is 0.825. The number of hydrogen-bond donors (Lipinski definition) is 2. The Morgan fingerprint density at radius 1 is 0.923 bits per heavy atom. The topological polar surface area (TPSA) is 146 Å². The van der Waals surface area contributed by atoms with E-state index in [0.29, 0.717) is 19.4 Å². The van der Waals surface area contributed by atoms with Gasteiger partial charge in [0.2, 0.25) is 17.7 Å². The van der Waals surface area contributed by atoms with Gasteiger partial charge in [-0.05, 0) is 57.0 Å². The van der Waals surface area contributed by atoms with Gasteiger partial charge in [0, 0.05) is 52.3 Å². The molecule has 300 valence electrons. The van der Waals surface area contributed by atoms with Crippen LogP contribution in [0.1, 0.15) is 101 Å². The van der Waals surface area contributed by atoms with Crippen LogP contribution in [0, 0.1) is 35.5 Å². The summed E-state index contributed by atoms with van der Waals surface area (Å²) in [7, 11) is 8.65. The highest BCUT2D eigenvalue weighted by Crippen LogP contribution is 2.31. The van der Waals surface area contributed by atoms with Crippen molar-refractivity contribution in [3.63, 3.8) is 0 Å². The second-order valence-corrected chi connectivity index (χ2v) is 16.2. The van der Waals surface area contributed by atoms with Gasteiger partial charge in [-0.15, -0.1) is 0 Å². The van der Waals surface area contributed by atoms with E-state index in [1.54, 1.807) is 38.0 Å². The third-order valence-corrected chi connectivity index (χ3v) is 10.8. The Balaban J connectivity index is 3.28. The largest absolute Gasteiger partial charge is 0.478 e. The second kappa shape index (κ2) is 22.4. The van der Waals surface area contributed by atoms with E-state index in [9.17, 15) is 24.0 Å². The molecule has 12 heteroatoms. The molecule has 9 atom stereocenters. The summed E-state index contributed by atoms with van der Waals surface area (Å²) < 4.78 is 11.9. The molecule has 0 unspecified atom stereocenters. The lowest BCUT2D eigenvalue weighted by Gasteiger charge is -2.41. The van der Waals surface area contributed by atoms with E-state index in [0.717, 1.165) is 18.9 Å². The van der Waals surface area contributed by atoms with Gasteiger partial charge >= 0.3 is 5.97 Å². The molecule has 12 nitrogen and oxygen atoms in total. The molecular weight excluding hydrogens is 664 g/mol. The molecule has 1 saturated heterocycles. The van der Waals surface area contributed by atoms with Crippen molar-refractivity contribution < 1.29 is 38.6 Å². The molecule has 0 bridgehead atoms. The number of amides is 3. The van der Waals surface area contributed by atoms with Gasteiger partial charge in [0.15, 0.2) is 5.78 Å². The number of likely N-dealkylation sites (tertiary alicyclic amines) is 1. The average molecular weight is 737 g/mol. The summed E-state index contributed by atoms with van der Waals surface area (Å²) in [4.78, 5) is 72.0. The Morgan fingerprint density at radius 2 is 1.54 bits per heavy atom. The Hall–Kier alpha value is -2.83. The molecule has 1 fully saturated rings. The number of nitrogens with one attached hydrogen (secondary N) is 1. The van der Waals surface area contributed by atoms with Crippen molar-refractivity contribution >= 4 is 29.5 Å². The minimum absolute atomic E-state index is 0.000760. The van der Waals surface area contributed by atoms with E-state index >= 15 is 0 Å². The highest BCUT2D eigenvalue weighted by atomic mass is 16.5. The van der Waals surface area contributed by atoms with E-state index in [1.807, 2.05) is 67.5 Å². The van der Waals surface area contributed by atoms with Crippen LogP contribution in [0.3, 0.4) is 0 Å². The monoisotopic (exact) mass is 737 g/mol. The lowest BCUT2D eigenvalue weighted by atomic mass is 9.83. The molecule has 0 aliphatic carbocycles. The number of methoxy groups -OCH3 is 2. The zero-order chi connectivity index (χ0) is 40.0. The lowest BCUT2D eigenvalue weighted by Crippen LogP contribution is -2.54. The summed E-state index contributed by atoms with van der Waals surface area (Å²) in [5.41, 5.74) is 0. The predicted molar refractivity (Wildman–Crippen MR) is 205 cm³/mol. The number of nitrogens with zero attached hydrogens (tertiary/aromatic N) is 3. The number of aliphatic carboxylic acids is 1. The van der Waals surface area contributed by atoms with Gasteiger partial charge < -0.3 is 29.7 Å². The molecule has 0 spiro atoms. The molecule has 2 N–H and O–H groups in total. The first-order chi connectivity index (χ1) is 24.2. The van der Waals surface area contributed by atoms with Crippen molar-refractivity contribution in [3.8, 4) is 0 Å². The second-order valence-electron chi connectivity index (χ2n) is 16.2. The predicted octanol–water partition coefficient (Wildman–Crippen LogP) is 4.90. The SMILES string of the molecule is CC[C@H](C)[C@@H]([C@@H](CC(=O)N1CCC[C@H]1[C@H](OC)[C@@H](C)C(=O)N[C@H](/C=C/C(=O)O)CC(C)C)OC)N(C)C(=O)[C@@H](CC(=O)[C@H](C(C)C)N(C)C)C(C)C. The third-order valence-electron chi connectivity index (χ3n) is 10.8. The summed E-state index contributed by atoms with van der Waals surface area (Å²) in [5.74, 6) is -2.46. The lowest BCUT2D eigenvalue weighted by molar-refractivity contribution is -0.149. The summed E-state index contributed by atoms with van der Waals surface area (Å²) in [6.07, 6.45) is 4.25. The average Bonchev–Trinajstić information content (AvgIpc) is 3.54. The van der Waals surface area contributed by atoms with Crippen molar-refractivity contribution in [2.75, 3.05) is 41.9 Å². The standard InChI is InChI=1S/C40H72N4O8/c1-15-27(8)37(43(12)40(50)30(25(4)5)22-32(45)36(26(6)7)42(10)11)33(51-13)23-34(46)44-20-16-17-31(44)38(52-14)28(9)39(49)41-29(21-24(2)3)18-19-35(47)48/h18-19,24-31,33,36-38H,15-17,20-23H2,1-14H3,(H,41,49)(H,47,48)/b19-18+/t27-,28+,29+,30-,31-,33+,36-,37-,38+/m0/s1. The smallest absolute Gasteiger partial charge is 0.328 e. The van der Waals surface area contributed by atoms with Crippen molar-refractivity contribution in [3.05, 3.63) is 12.2 Å². The van der Waals surface area contributed by atoms with Crippen molar-refractivity contribution in [2.24, 2.45) is 35.5 Å². The van der Waals surface area contributed by atoms with Gasteiger partial charge in [-0.25, -0.2) is 4.79 Å². The maximum Gasteiger partial charge on any atom is 0.328 e. The number of carboxylic acids is 1. The Labute approximate surface area is 314 Å². The van der Waals surface area contributed by atoms with Crippen LogP contribution in [0.2, 0.25) is 0 Å². The fourth-order valence-electron chi connectivity index (χ4n) is 7.98. The summed E-state index contributed by atoms with van der Waals surface area (Å²) >= 11 is 0.